The highest BCUT2D eigenvalue weighted by Gasteiger charge is 2.28. The van der Waals surface area contributed by atoms with E-state index in [1.807, 2.05) is 4.90 Å². The summed E-state index contributed by atoms with van der Waals surface area (Å²) in [6.07, 6.45) is 6.25. The molecule has 2 amide bonds. The zero-order chi connectivity index (χ0) is 18.5. The van der Waals surface area contributed by atoms with Gasteiger partial charge in [0.15, 0.2) is 0 Å². The Labute approximate surface area is 152 Å². The minimum atomic E-state index is -0.305. The monoisotopic (exact) mass is 351 g/mol. The van der Waals surface area contributed by atoms with Crippen LogP contribution < -0.4 is 10.2 Å². The van der Waals surface area contributed by atoms with Crippen LogP contribution in [0.25, 0.3) is 0 Å². The Morgan fingerprint density at radius 3 is 2.85 bits per heavy atom. The van der Waals surface area contributed by atoms with Crippen molar-refractivity contribution in [1.82, 2.24) is 14.9 Å². The highest BCUT2D eigenvalue weighted by molar-refractivity contribution is 6.00. The number of rotatable bonds is 4. The van der Waals surface area contributed by atoms with Gasteiger partial charge in [0, 0.05) is 49.3 Å². The third kappa shape index (κ3) is 3.88. The van der Waals surface area contributed by atoms with E-state index < -0.39 is 0 Å². The molecule has 1 aliphatic heterocycles. The fraction of sp³-hybridized carbons (Fsp3) is 0.263. The fourth-order valence-electron chi connectivity index (χ4n) is 3.03. The van der Waals surface area contributed by atoms with Gasteiger partial charge in [0.05, 0.1) is 6.20 Å². The maximum Gasteiger partial charge on any atom is 0.254 e. The molecule has 2 heterocycles. The summed E-state index contributed by atoms with van der Waals surface area (Å²) in [7, 11) is 0. The van der Waals surface area contributed by atoms with Crippen LogP contribution in [0.2, 0.25) is 0 Å². The van der Waals surface area contributed by atoms with Gasteiger partial charge in [-0.1, -0.05) is 12.6 Å². The van der Waals surface area contributed by atoms with Crippen molar-refractivity contribution in [2.45, 2.75) is 13.0 Å². The van der Waals surface area contributed by atoms with Gasteiger partial charge in [0.1, 0.15) is 5.82 Å². The largest absolute Gasteiger partial charge is 0.349 e. The third-order valence-electron chi connectivity index (χ3n) is 4.32. The van der Waals surface area contributed by atoms with Crippen LogP contribution >= 0.6 is 0 Å². The lowest BCUT2D eigenvalue weighted by Crippen LogP contribution is -2.54. The minimum absolute atomic E-state index is 0.0506. The van der Waals surface area contributed by atoms with E-state index in [0.717, 1.165) is 5.82 Å². The molecule has 1 saturated heterocycles. The molecule has 0 bridgehead atoms. The Hall–Kier alpha value is -3.22. The first kappa shape index (κ1) is 17.6. The predicted octanol–water partition coefficient (Wildman–Crippen LogP) is 1.95. The zero-order valence-electron chi connectivity index (χ0n) is 14.6. The summed E-state index contributed by atoms with van der Waals surface area (Å²) in [5, 5.41) is 2.68. The van der Waals surface area contributed by atoms with Crippen molar-refractivity contribution in [3.8, 4) is 0 Å². The van der Waals surface area contributed by atoms with Crippen molar-refractivity contribution in [3.63, 3.8) is 0 Å². The van der Waals surface area contributed by atoms with Gasteiger partial charge in [-0.2, -0.15) is 0 Å². The van der Waals surface area contributed by atoms with Gasteiger partial charge in [-0.3, -0.25) is 14.6 Å². The van der Waals surface area contributed by atoms with E-state index >= 15 is 0 Å². The molecule has 7 nitrogen and oxygen atoms in total. The molecule has 0 saturated carbocycles. The van der Waals surface area contributed by atoms with Crippen LogP contribution in [0.15, 0.2) is 55.5 Å². The van der Waals surface area contributed by atoms with Crippen molar-refractivity contribution >= 4 is 23.3 Å². The first-order valence-electron chi connectivity index (χ1n) is 8.44. The molecule has 1 N–H and O–H groups in total. The van der Waals surface area contributed by atoms with Gasteiger partial charge < -0.3 is 15.1 Å². The number of amides is 2. The first-order valence-corrected chi connectivity index (χ1v) is 8.44. The number of benzene rings is 1. The van der Waals surface area contributed by atoms with Crippen molar-refractivity contribution in [1.29, 1.82) is 0 Å². The molecule has 1 aromatic heterocycles. The number of anilines is 2. The predicted molar refractivity (Wildman–Crippen MR) is 100 cm³/mol. The first-order chi connectivity index (χ1) is 12.6. The Balaban J connectivity index is 1.69. The van der Waals surface area contributed by atoms with E-state index in [0.29, 0.717) is 30.9 Å². The standard InChI is InChI=1S/C19H21N5O2/c1-3-18(25)22-16-6-4-5-15(11-16)19(26)23-9-10-24(14(2)13-23)17-12-20-7-8-21-17/h3-8,11-12,14H,1,9-10,13H2,2H3,(H,22,25). The number of nitrogens with one attached hydrogen (secondary N) is 1. The number of hydrogen-bond acceptors (Lipinski definition) is 5. The van der Waals surface area contributed by atoms with Crippen LogP contribution in [0, 0.1) is 0 Å². The van der Waals surface area contributed by atoms with Crippen molar-refractivity contribution < 1.29 is 9.59 Å². The molecule has 2 aromatic rings. The molecule has 7 heteroatoms. The van der Waals surface area contributed by atoms with E-state index in [9.17, 15) is 9.59 Å². The number of aromatic nitrogens is 2. The summed E-state index contributed by atoms with van der Waals surface area (Å²) < 4.78 is 0. The maximum atomic E-state index is 12.8. The van der Waals surface area contributed by atoms with E-state index in [4.69, 9.17) is 0 Å². The van der Waals surface area contributed by atoms with Gasteiger partial charge in [-0.25, -0.2) is 4.98 Å². The smallest absolute Gasteiger partial charge is 0.254 e. The van der Waals surface area contributed by atoms with Crippen molar-refractivity contribution in [2.24, 2.45) is 0 Å². The molecule has 3 rings (SSSR count). The second kappa shape index (κ2) is 7.77. The molecular formula is C19H21N5O2. The normalized spacial score (nSPS) is 16.9. The number of carbonyl (C=O) groups is 2. The molecule has 26 heavy (non-hydrogen) atoms. The van der Waals surface area contributed by atoms with Crippen LogP contribution in [0.5, 0.6) is 0 Å². The van der Waals surface area contributed by atoms with E-state index in [1.165, 1.54) is 6.08 Å². The highest BCUT2D eigenvalue weighted by Crippen LogP contribution is 2.19. The molecule has 1 aromatic carbocycles. The number of carbonyl (C=O) groups excluding carboxylic acids is 2. The van der Waals surface area contributed by atoms with E-state index in [2.05, 4.69) is 33.7 Å². The van der Waals surface area contributed by atoms with E-state index in [-0.39, 0.29) is 17.9 Å². The lowest BCUT2D eigenvalue weighted by molar-refractivity contribution is -0.111. The number of hydrogen-bond donors (Lipinski definition) is 1. The summed E-state index contributed by atoms with van der Waals surface area (Å²) in [5.74, 6) is 0.465. The average molecular weight is 351 g/mol. The molecule has 1 fully saturated rings. The van der Waals surface area contributed by atoms with Crippen molar-refractivity contribution in [2.75, 3.05) is 29.9 Å². The second-order valence-electron chi connectivity index (χ2n) is 6.13. The quantitative estimate of drug-likeness (QED) is 0.852. The molecule has 0 aliphatic carbocycles. The number of piperazine rings is 1. The molecular weight excluding hydrogens is 330 g/mol. The van der Waals surface area contributed by atoms with Gasteiger partial charge >= 0.3 is 0 Å². The Morgan fingerprint density at radius 2 is 2.15 bits per heavy atom. The highest BCUT2D eigenvalue weighted by atomic mass is 16.2. The molecule has 0 radical (unpaired) electrons. The van der Waals surface area contributed by atoms with E-state index in [1.54, 1.807) is 42.9 Å². The van der Waals surface area contributed by atoms with Gasteiger partial charge in [0.2, 0.25) is 5.91 Å². The lowest BCUT2D eigenvalue weighted by Gasteiger charge is -2.40. The summed E-state index contributed by atoms with van der Waals surface area (Å²) in [4.78, 5) is 36.7. The van der Waals surface area contributed by atoms with Gasteiger partial charge in [-0.05, 0) is 31.2 Å². The maximum absolute atomic E-state index is 12.8. The Bertz CT molecular complexity index is 809. The van der Waals surface area contributed by atoms with Crippen LogP contribution in [0.4, 0.5) is 11.5 Å². The van der Waals surface area contributed by atoms with Gasteiger partial charge in [0.25, 0.3) is 5.91 Å². The Morgan fingerprint density at radius 1 is 1.31 bits per heavy atom. The summed E-state index contributed by atoms with van der Waals surface area (Å²) in [5.41, 5.74) is 1.12. The van der Waals surface area contributed by atoms with Crippen LogP contribution in [0.3, 0.4) is 0 Å². The minimum Gasteiger partial charge on any atom is -0.349 e. The Kier molecular flexibility index (Phi) is 5.26. The summed E-state index contributed by atoms with van der Waals surface area (Å²) >= 11 is 0. The molecule has 134 valence electrons. The average Bonchev–Trinajstić information content (AvgIpc) is 2.68. The van der Waals surface area contributed by atoms with Crippen LogP contribution in [-0.4, -0.2) is 52.4 Å². The zero-order valence-corrected chi connectivity index (χ0v) is 14.6. The SMILES string of the molecule is C=CC(=O)Nc1cccc(C(=O)N2CCN(c3cnccn3)C(C)C2)c1. The summed E-state index contributed by atoms with van der Waals surface area (Å²) in [6.45, 7) is 7.38. The topological polar surface area (TPSA) is 78.4 Å². The van der Waals surface area contributed by atoms with Crippen molar-refractivity contribution in [3.05, 3.63) is 61.1 Å². The number of nitrogens with zero attached hydrogens (tertiary/aromatic N) is 4. The fourth-order valence-corrected chi connectivity index (χ4v) is 3.03. The third-order valence-corrected chi connectivity index (χ3v) is 4.32. The molecule has 1 unspecified atom stereocenters. The van der Waals surface area contributed by atoms with Gasteiger partial charge in [-0.15, -0.1) is 0 Å². The molecule has 0 spiro atoms. The molecule has 1 aliphatic rings. The molecule has 1 atom stereocenters. The lowest BCUT2D eigenvalue weighted by atomic mass is 10.1. The van der Waals surface area contributed by atoms with Crippen LogP contribution in [0.1, 0.15) is 17.3 Å². The van der Waals surface area contributed by atoms with Crippen LogP contribution in [-0.2, 0) is 4.79 Å². The summed E-state index contributed by atoms with van der Waals surface area (Å²) in [6, 6.07) is 7.07. The second-order valence-corrected chi connectivity index (χ2v) is 6.13.